The molecule has 1 aromatic carbocycles. The zero-order chi connectivity index (χ0) is 8.72. The Hall–Kier alpha value is -1.51. The van der Waals surface area contributed by atoms with Gasteiger partial charge in [0.05, 0.1) is 0 Å². The highest BCUT2D eigenvalue weighted by molar-refractivity contribution is 5.70. The van der Waals surface area contributed by atoms with Gasteiger partial charge < -0.3 is 10.4 Å². The highest BCUT2D eigenvalue weighted by Gasteiger charge is 2.20. The summed E-state index contributed by atoms with van der Waals surface area (Å²) in [6.07, 6.45) is 0. The molecular formula is C9H8FNO. The third-order valence-corrected chi connectivity index (χ3v) is 2.00. The first-order chi connectivity index (χ1) is 5.70. The first kappa shape index (κ1) is 7.16. The van der Waals surface area contributed by atoms with E-state index in [1.807, 2.05) is 0 Å². The number of aromatic hydroxyl groups is 1. The Bertz CT molecular complexity index is 360. The predicted octanol–water partition coefficient (Wildman–Crippen LogP) is 1.61. The molecule has 0 aliphatic carbocycles. The quantitative estimate of drug-likeness (QED) is 0.612. The van der Waals surface area contributed by atoms with Crippen LogP contribution in [-0.2, 0) is 6.54 Å². The lowest BCUT2D eigenvalue weighted by molar-refractivity contribution is 0.431. The van der Waals surface area contributed by atoms with E-state index in [0.717, 1.165) is 5.56 Å². The van der Waals surface area contributed by atoms with Gasteiger partial charge in [-0.05, 0) is 11.6 Å². The Morgan fingerprint density at radius 1 is 1.50 bits per heavy atom. The topological polar surface area (TPSA) is 32.3 Å². The van der Waals surface area contributed by atoms with Crippen molar-refractivity contribution in [1.82, 2.24) is 5.32 Å². The smallest absolute Gasteiger partial charge is 0.174 e. The van der Waals surface area contributed by atoms with Crippen molar-refractivity contribution in [1.29, 1.82) is 0 Å². The number of hydrogen-bond donors (Lipinski definition) is 2. The second-order valence-corrected chi connectivity index (χ2v) is 2.76. The highest BCUT2D eigenvalue weighted by Crippen LogP contribution is 2.30. The van der Waals surface area contributed by atoms with Crippen molar-refractivity contribution in [2.24, 2.45) is 0 Å². The number of benzene rings is 1. The lowest BCUT2D eigenvalue weighted by atomic mass is 10.1. The van der Waals surface area contributed by atoms with Crippen molar-refractivity contribution < 1.29 is 9.50 Å². The standard InChI is InChI=1S/C9H8FNO/c1-5-8-6(4-11-5)2-3-7(12)9(8)10/h2-3,11-12H,1,4H2. The van der Waals surface area contributed by atoms with Gasteiger partial charge >= 0.3 is 0 Å². The molecule has 1 aliphatic heterocycles. The zero-order valence-corrected chi connectivity index (χ0v) is 6.39. The summed E-state index contributed by atoms with van der Waals surface area (Å²) in [5.41, 5.74) is 1.80. The second-order valence-electron chi connectivity index (χ2n) is 2.76. The van der Waals surface area contributed by atoms with Crippen LogP contribution in [0.15, 0.2) is 18.7 Å². The van der Waals surface area contributed by atoms with Gasteiger partial charge in [-0.2, -0.15) is 0 Å². The summed E-state index contributed by atoms with van der Waals surface area (Å²) in [5, 5.41) is 12.0. The van der Waals surface area contributed by atoms with E-state index >= 15 is 0 Å². The highest BCUT2D eigenvalue weighted by atomic mass is 19.1. The molecule has 0 fully saturated rings. The van der Waals surface area contributed by atoms with E-state index in [4.69, 9.17) is 5.11 Å². The van der Waals surface area contributed by atoms with Crippen molar-refractivity contribution in [2.75, 3.05) is 0 Å². The fraction of sp³-hybridized carbons (Fsp3) is 0.111. The first-order valence-corrected chi connectivity index (χ1v) is 3.63. The third kappa shape index (κ3) is 0.794. The molecule has 62 valence electrons. The van der Waals surface area contributed by atoms with Crippen LogP contribution in [-0.4, -0.2) is 5.11 Å². The first-order valence-electron chi connectivity index (χ1n) is 3.63. The molecule has 2 N–H and O–H groups in total. The fourth-order valence-corrected chi connectivity index (χ4v) is 1.37. The van der Waals surface area contributed by atoms with Crippen LogP contribution in [0, 0.1) is 5.82 Å². The third-order valence-electron chi connectivity index (χ3n) is 2.00. The number of fused-ring (bicyclic) bond motifs is 1. The van der Waals surface area contributed by atoms with Gasteiger partial charge in [0.2, 0.25) is 0 Å². The van der Waals surface area contributed by atoms with Crippen molar-refractivity contribution in [3.8, 4) is 5.75 Å². The minimum atomic E-state index is -0.581. The number of nitrogens with one attached hydrogen (secondary N) is 1. The van der Waals surface area contributed by atoms with E-state index in [0.29, 0.717) is 17.8 Å². The van der Waals surface area contributed by atoms with Gasteiger partial charge in [-0.1, -0.05) is 12.6 Å². The van der Waals surface area contributed by atoms with E-state index in [2.05, 4.69) is 11.9 Å². The molecule has 0 bridgehead atoms. The molecule has 0 atom stereocenters. The number of phenols is 1. The molecule has 0 spiro atoms. The molecule has 1 aromatic rings. The van der Waals surface area contributed by atoms with E-state index in [1.165, 1.54) is 6.07 Å². The molecule has 2 rings (SSSR count). The molecule has 1 heterocycles. The Labute approximate surface area is 69.3 Å². The molecule has 0 radical (unpaired) electrons. The fourth-order valence-electron chi connectivity index (χ4n) is 1.37. The minimum absolute atomic E-state index is 0.321. The SMILES string of the molecule is C=C1NCc2ccc(O)c(F)c21. The normalized spacial score (nSPS) is 14.2. The van der Waals surface area contributed by atoms with Crippen molar-refractivity contribution in [3.63, 3.8) is 0 Å². The van der Waals surface area contributed by atoms with Crippen LogP contribution in [0.1, 0.15) is 11.1 Å². The molecule has 0 aromatic heterocycles. The minimum Gasteiger partial charge on any atom is -0.505 e. The van der Waals surface area contributed by atoms with Crippen LogP contribution >= 0.6 is 0 Å². The van der Waals surface area contributed by atoms with Gasteiger partial charge in [0, 0.05) is 17.8 Å². The Balaban J connectivity index is 2.71. The average molecular weight is 165 g/mol. The van der Waals surface area contributed by atoms with Gasteiger partial charge in [-0.3, -0.25) is 0 Å². The van der Waals surface area contributed by atoms with Crippen LogP contribution in [0.3, 0.4) is 0 Å². The predicted molar refractivity (Wildman–Crippen MR) is 43.9 cm³/mol. The van der Waals surface area contributed by atoms with Crippen LogP contribution in [0.2, 0.25) is 0 Å². The monoisotopic (exact) mass is 165 g/mol. The summed E-state index contributed by atoms with van der Waals surface area (Å²) in [6.45, 7) is 4.22. The van der Waals surface area contributed by atoms with Gasteiger partial charge in [-0.25, -0.2) is 4.39 Å². The van der Waals surface area contributed by atoms with Gasteiger partial charge in [-0.15, -0.1) is 0 Å². The maximum Gasteiger partial charge on any atom is 0.174 e. The molecular weight excluding hydrogens is 157 g/mol. The largest absolute Gasteiger partial charge is 0.505 e. The summed E-state index contributed by atoms with van der Waals surface area (Å²) < 4.78 is 13.2. The maximum atomic E-state index is 13.2. The number of rotatable bonds is 0. The van der Waals surface area contributed by atoms with Crippen LogP contribution < -0.4 is 5.32 Å². The molecule has 0 unspecified atom stereocenters. The molecule has 12 heavy (non-hydrogen) atoms. The van der Waals surface area contributed by atoms with Gasteiger partial charge in [0.25, 0.3) is 0 Å². The van der Waals surface area contributed by atoms with Crippen molar-refractivity contribution in [3.05, 3.63) is 35.7 Å². The maximum absolute atomic E-state index is 13.2. The summed E-state index contributed by atoms with van der Waals surface area (Å²) in [4.78, 5) is 0. The zero-order valence-electron chi connectivity index (χ0n) is 6.39. The average Bonchev–Trinajstić information content (AvgIpc) is 2.41. The van der Waals surface area contributed by atoms with Crippen LogP contribution in [0.5, 0.6) is 5.75 Å². The van der Waals surface area contributed by atoms with Gasteiger partial charge in [0.1, 0.15) is 0 Å². The lowest BCUT2D eigenvalue weighted by Gasteiger charge is -2.01. The molecule has 0 saturated heterocycles. The molecule has 0 amide bonds. The summed E-state index contributed by atoms with van der Waals surface area (Å²) in [6, 6.07) is 3.05. The Morgan fingerprint density at radius 3 is 3.00 bits per heavy atom. The summed E-state index contributed by atoms with van der Waals surface area (Å²) in [5.74, 6) is -0.902. The number of phenolic OH excluding ortho intramolecular Hbond substituents is 1. The van der Waals surface area contributed by atoms with Crippen molar-refractivity contribution >= 4 is 5.70 Å². The number of halogens is 1. The van der Waals surface area contributed by atoms with Crippen LogP contribution in [0.4, 0.5) is 4.39 Å². The van der Waals surface area contributed by atoms with E-state index < -0.39 is 5.82 Å². The molecule has 2 nitrogen and oxygen atoms in total. The van der Waals surface area contributed by atoms with Crippen molar-refractivity contribution in [2.45, 2.75) is 6.54 Å². The second kappa shape index (κ2) is 2.24. The summed E-state index contributed by atoms with van der Waals surface area (Å²) in [7, 11) is 0. The van der Waals surface area contributed by atoms with Crippen LogP contribution in [0.25, 0.3) is 5.70 Å². The summed E-state index contributed by atoms with van der Waals surface area (Å²) >= 11 is 0. The van der Waals surface area contributed by atoms with E-state index in [-0.39, 0.29) is 5.75 Å². The van der Waals surface area contributed by atoms with E-state index in [1.54, 1.807) is 6.07 Å². The Kier molecular flexibility index (Phi) is 1.33. The Morgan fingerprint density at radius 2 is 2.25 bits per heavy atom. The van der Waals surface area contributed by atoms with Gasteiger partial charge in [0.15, 0.2) is 11.6 Å². The number of hydrogen-bond acceptors (Lipinski definition) is 2. The molecule has 0 saturated carbocycles. The van der Waals surface area contributed by atoms with E-state index in [9.17, 15) is 4.39 Å². The molecule has 3 heteroatoms. The molecule has 1 aliphatic rings. The lowest BCUT2D eigenvalue weighted by Crippen LogP contribution is -1.98.